The molecule has 1 fully saturated rings. The molecule has 4 rings (SSSR count). The Balaban J connectivity index is 1.45. The smallest absolute Gasteiger partial charge is 0.258 e. The fourth-order valence-electron chi connectivity index (χ4n) is 3.63. The second-order valence-corrected chi connectivity index (χ2v) is 7.16. The first-order chi connectivity index (χ1) is 12.6. The number of carbonyl (C=O) groups is 1. The summed E-state index contributed by atoms with van der Waals surface area (Å²) in [5.74, 6) is -0.0727. The lowest BCUT2D eigenvalue weighted by Crippen LogP contribution is -2.49. The molecule has 0 saturated carbocycles. The zero-order valence-electron chi connectivity index (χ0n) is 14.4. The summed E-state index contributed by atoms with van der Waals surface area (Å²) in [5, 5.41) is 8.89. The predicted molar refractivity (Wildman–Crippen MR) is 98.2 cm³/mol. The first kappa shape index (κ1) is 17.2. The quantitative estimate of drug-likeness (QED) is 0.810. The van der Waals surface area contributed by atoms with E-state index in [0.29, 0.717) is 26.2 Å². The largest absolute Gasteiger partial charge is 0.352 e. The lowest BCUT2D eigenvalue weighted by Gasteiger charge is -2.35. The van der Waals surface area contributed by atoms with Crippen molar-refractivity contribution in [3.8, 4) is 0 Å². The molecule has 136 valence electrons. The Labute approximate surface area is 156 Å². The van der Waals surface area contributed by atoms with Gasteiger partial charge in [-0.05, 0) is 49.4 Å². The third-order valence-corrected chi connectivity index (χ3v) is 5.44. The molecule has 0 spiro atoms. The van der Waals surface area contributed by atoms with Crippen molar-refractivity contribution in [3.63, 3.8) is 0 Å². The Kier molecular flexibility index (Phi) is 4.76. The van der Waals surface area contributed by atoms with Gasteiger partial charge in [0, 0.05) is 26.2 Å². The van der Waals surface area contributed by atoms with Gasteiger partial charge in [0.2, 0.25) is 0 Å². The van der Waals surface area contributed by atoms with Gasteiger partial charge in [-0.1, -0.05) is 17.7 Å². The maximum absolute atomic E-state index is 14.0. The Hall–Kier alpha value is -2.21. The molecule has 2 heterocycles. The Morgan fingerprint density at radius 3 is 2.62 bits per heavy atom. The number of aromatic nitrogens is 2. The number of rotatable bonds is 2. The van der Waals surface area contributed by atoms with Crippen LogP contribution in [0.3, 0.4) is 0 Å². The van der Waals surface area contributed by atoms with Gasteiger partial charge in [0.05, 0.1) is 16.3 Å². The van der Waals surface area contributed by atoms with Crippen molar-refractivity contribution < 1.29 is 9.18 Å². The highest BCUT2D eigenvalue weighted by molar-refractivity contribution is 6.33. The molecule has 1 amide bonds. The van der Waals surface area contributed by atoms with E-state index in [1.807, 2.05) is 0 Å². The number of amides is 1. The third-order valence-electron chi connectivity index (χ3n) is 5.12. The predicted octanol–water partition coefficient (Wildman–Crippen LogP) is 3.11. The van der Waals surface area contributed by atoms with Crippen LogP contribution in [0.2, 0.25) is 5.02 Å². The number of halogens is 2. The molecule has 0 N–H and O–H groups in total. The van der Waals surface area contributed by atoms with Crippen LogP contribution >= 0.6 is 11.6 Å². The SMILES string of the molecule is O=C(c1c(F)cccc1Cl)N1CCN(c2cc3c(nn2)CCCC3)CC1. The van der Waals surface area contributed by atoms with Gasteiger partial charge >= 0.3 is 0 Å². The fourth-order valence-corrected chi connectivity index (χ4v) is 3.88. The van der Waals surface area contributed by atoms with Crippen LogP contribution in [0.1, 0.15) is 34.5 Å². The first-order valence-electron chi connectivity index (χ1n) is 8.97. The number of fused-ring (bicyclic) bond motifs is 1. The highest BCUT2D eigenvalue weighted by Gasteiger charge is 2.27. The number of hydrogen-bond donors (Lipinski definition) is 0. The minimum absolute atomic E-state index is 0.0452. The van der Waals surface area contributed by atoms with Crippen molar-refractivity contribution in [2.75, 3.05) is 31.1 Å². The van der Waals surface area contributed by atoms with Crippen molar-refractivity contribution in [3.05, 3.63) is 51.9 Å². The molecule has 26 heavy (non-hydrogen) atoms. The van der Waals surface area contributed by atoms with Gasteiger partial charge < -0.3 is 9.80 Å². The third kappa shape index (κ3) is 3.26. The molecule has 1 aliphatic heterocycles. The maximum atomic E-state index is 14.0. The van der Waals surface area contributed by atoms with Crippen molar-refractivity contribution in [1.82, 2.24) is 15.1 Å². The first-order valence-corrected chi connectivity index (χ1v) is 9.35. The highest BCUT2D eigenvalue weighted by atomic mass is 35.5. The molecular weight excluding hydrogens is 355 g/mol. The Bertz CT molecular complexity index is 816. The van der Waals surface area contributed by atoms with Gasteiger partial charge in [0.1, 0.15) is 5.82 Å². The number of hydrogen-bond acceptors (Lipinski definition) is 4. The molecule has 1 saturated heterocycles. The average Bonchev–Trinajstić information content (AvgIpc) is 2.67. The Morgan fingerprint density at radius 2 is 1.85 bits per heavy atom. The van der Waals surface area contributed by atoms with Crippen molar-refractivity contribution >= 4 is 23.3 Å². The van der Waals surface area contributed by atoms with E-state index < -0.39 is 5.82 Å². The molecule has 7 heteroatoms. The molecule has 1 aromatic heterocycles. The number of nitrogens with zero attached hydrogens (tertiary/aromatic N) is 4. The summed E-state index contributed by atoms with van der Waals surface area (Å²) in [6.45, 7) is 2.29. The molecule has 0 atom stereocenters. The highest BCUT2D eigenvalue weighted by Crippen LogP contribution is 2.24. The van der Waals surface area contributed by atoms with E-state index in [1.165, 1.54) is 36.6 Å². The normalized spacial score (nSPS) is 17.2. The molecule has 5 nitrogen and oxygen atoms in total. The maximum Gasteiger partial charge on any atom is 0.258 e. The van der Waals surface area contributed by atoms with Crippen LogP contribution in [0.4, 0.5) is 10.2 Å². The summed E-state index contributed by atoms with van der Waals surface area (Å²) in [6.07, 6.45) is 4.45. The number of piperazine rings is 1. The minimum Gasteiger partial charge on any atom is -0.352 e. The van der Waals surface area contributed by atoms with Gasteiger partial charge in [0.25, 0.3) is 5.91 Å². The van der Waals surface area contributed by atoms with E-state index in [4.69, 9.17) is 11.6 Å². The fraction of sp³-hybridized carbons (Fsp3) is 0.421. The van der Waals surface area contributed by atoms with E-state index in [9.17, 15) is 9.18 Å². The van der Waals surface area contributed by atoms with E-state index in [0.717, 1.165) is 24.4 Å². The summed E-state index contributed by atoms with van der Waals surface area (Å²) in [5.41, 5.74) is 2.36. The Morgan fingerprint density at radius 1 is 1.08 bits per heavy atom. The molecule has 2 aromatic rings. The molecule has 2 aliphatic rings. The van der Waals surface area contributed by atoms with E-state index in [-0.39, 0.29) is 16.5 Å². The monoisotopic (exact) mass is 374 g/mol. The number of anilines is 1. The second-order valence-electron chi connectivity index (χ2n) is 6.76. The zero-order valence-corrected chi connectivity index (χ0v) is 15.2. The summed E-state index contributed by atoms with van der Waals surface area (Å²) < 4.78 is 14.0. The van der Waals surface area contributed by atoms with Gasteiger partial charge in [-0.2, -0.15) is 5.10 Å². The van der Waals surface area contributed by atoms with Gasteiger partial charge in [-0.15, -0.1) is 5.10 Å². The topological polar surface area (TPSA) is 49.3 Å². The van der Waals surface area contributed by atoms with E-state index in [1.54, 1.807) is 4.90 Å². The van der Waals surface area contributed by atoms with E-state index in [2.05, 4.69) is 21.2 Å². The van der Waals surface area contributed by atoms with Crippen molar-refractivity contribution in [2.45, 2.75) is 25.7 Å². The van der Waals surface area contributed by atoms with Crippen molar-refractivity contribution in [1.29, 1.82) is 0 Å². The summed E-state index contributed by atoms with van der Waals surface area (Å²) in [7, 11) is 0. The van der Waals surface area contributed by atoms with E-state index >= 15 is 0 Å². The molecule has 1 aliphatic carbocycles. The van der Waals surface area contributed by atoms with Gasteiger partial charge in [0.15, 0.2) is 5.82 Å². The van der Waals surface area contributed by atoms with Crippen LogP contribution in [-0.4, -0.2) is 47.2 Å². The molecule has 0 bridgehead atoms. The zero-order chi connectivity index (χ0) is 18.1. The van der Waals surface area contributed by atoms with Gasteiger partial charge in [-0.25, -0.2) is 4.39 Å². The van der Waals surface area contributed by atoms with Gasteiger partial charge in [-0.3, -0.25) is 4.79 Å². The number of benzene rings is 1. The second kappa shape index (κ2) is 7.19. The lowest BCUT2D eigenvalue weighted by molar-refractivity contribution is 0.0742. The van der Waals surface area contributed by atoms with Crippen LogP contribution < -0.4 is 4.90 Å². The summed E-state index contributed by atoms with van der Waals surface area (Å²) in [4.78, 5) is 16.4. The summed E-state index contributed by atoms with van der Waals surface area (Å²) >= 11 is 6.02. The van der Waals surface area contributed by atoms with Crippen LogP contribution in [0.25, 0.3) is 0 Å². The van der Waals surface area contributed by atoms with Crippen LogP contribution in [0.15, 0.2) is 24.3 Å². The molecule has 0 radical (unpaired) electrons. The summed E-state index contributed by atoms with van der Waals surface area (Å²) in [6, 6.07) is 6.43. The minimum atomic E-state index is -0.578. The number of carbonyl (C=O) groups excluding carboxylic acids is 1. The molecular formula is C19H20ClFN4O. The average molecular weight is 375 g/mol. The van der Waals surface area contributed by atoms with Crippen LogP contribution in [-0.2, 0) is 12.8 Å². The number of aryl methyl sites for hydroxylation is 2. The van der Waals surface area contributed by atoms with Crippen LogP contribution in [0, 0.1) is 5.82 Å². The molecule has 1 aromatic carbocycles. The molecule has 0 unspecified atom stereocenters. The lowest BCUT2D eigenvalue weighted by atomic mass is 9.97. The standard InChI is InChI=1S/C19H20ClFN4O/c20-14-5-3-6-15(21)18(14)19(26)25-10-8-24(9-11-25)17-12-13-4-1-2-7-16(13)22-23-17/h3,5-6,12H,1-2,4,7-11H2. The van der Waals surface area contributed by atoms with Crippen molar-refractivity contribution in [2.24, 2.45) is 0 Å². The van der Waals surface area contributed by atoms with Crippen LogP contribution in [0.5, 0.6) is 0 Å².